The summed E-state index contributed by atoms with van der Waals surface area (Å²) in [6.45, 7) is 3.02. The van der Waals surface area contributed by atoms with Gasteiger partial charge in [0.1, 0.15) is 0 Å². The van der Waals surface area contributed by atoms with Gasteiger partial charge in [-0.25, -0.2) is 0 Å². The molecule has 3 nitrogen and oxygen atoms in total. The molecule has 0 amide bonds. The van der Waals surface area contributed by atoms with Gasteiger partial charge in [-0.2, -0.15) is 0 Å². The third-order valence-corrected chi connectivity index (χ3v) is 7.20. The van der Waals surface area contributed by atoms with E-state index in [0.29, 0.717) is 5.54 Å². The van der Waals surface area contributed by atoms with E-state index in [9.17, 15) is 0 Å². The fourth-order valence-electron chi connectivity index (χ4n) is 6.12. The van der Waals surface area contributed by atoms with E-state index in [4.69, 9.17) is 4.52 Å². The number of hydrogen-bond donors (Lipinski definition) is 1. The zero-order valence-electron chi connectivity index (χ0n) is 15.8. The minimum absolute atomic E-state index is 0.370. The van der Waals surface area contributed by atoms with Crippen molar-refractivity contribution in [2.45, 2.75) is 70.4 Å². The molecule has 1 aromatic carbocycles. The Bertz CT molecular complexity index is 747. The lowest BCUT2D eigenvalue weighted by atomic mass is 9.63. The van der Waals surface area contributed by atoms with Gasteiger partial charge >= 0.3 is 0 Å². The third kappa shape index (κ3) is 3.11. The molecular formula is C23H30N2O. The number of nitrogens with zero attached hydrogens (tertiary/aromatic N) is 1. The fourth-order valence-corrected chi connectivity index (χ4v) is 6.12. The van der Waals surface area contributed by atoms with Crippen molar-refractivity contribution in [2.24, 2.45) is 17.8 Å². The second kappa shape index (κ2) is 6.53. The standard InChI is InChI=1S/C23H30N2O/c1-2-16-5-7-20(8-6-16)22-11-21(25-26-22)15-24-23-12-17-3-4-18(13-23)10-19(9-17)14-23/h5-8,11,17-19,24H,2-4,9-10,12-15H2,1H3. The van der Waals surface area contributed by atoms with Gasteiger partial charge in [-0.05, 0) is 61.8 Å². The highest BCUT2D eigenvalue weighted by molar-refractivity contribution is 5.57. The molecule has 138 valence electrons. The van der Waals surface area contributed by atoms with Crippen LogP contribution in [-0.4, -0.2) is 10.7 Å². The van der Waals surface area contributed by atoms with Crippen LogP contribution in [0, 0.1) is 17.8 Å². The van der Waals surface area contributed by atoms with E-state index in [0.717, 1.165) is 47.7 Å². The zero-order chi connectivity index (χ0) is 17.6. The highest BCUT2D eigenvalue weighted by atomic mass is 16.5. The lowest BCUT2D eigenvalue weighted by Gasteiger charge is -2.49. The SMILES string of the molecule is CCc1ccc(-c2cc(CNC34CC5CCC(CC(C5)C3)C4)no2)cc1. The van der Waals surface area contributed by atoms with E-state index in [1.807, 2.05) is 0 Å². The largest absolute Gasteiger partial charge is 0.356 e. The summed E-state index contributed by atoms with van der Waals surface area (Å²) < 4.78 is 5.63. The highest BCUT2D eigenvalue weighted by Gasteiger charge is 2.48. The smallest absolute Gasteiger partial charge is 0.167 e. The Kier molecular flexibility index (Phi) is 4.16. The van der Waals surface area contributed by atoms with Crippen LogP contribution < -0.4 is 5.32 Å². The summed E-state index contributed by atoms with van der Waals surface area (Å²) in [5.41, 5.74) is 3.88. The van der Waals surface area contributed by atoms with E-state index in [1.54, 1.807) is 0 Å². The van der Waals surface area contributed by atoms with E-state index in [2.05, 4.69) is 47.7 Å². The van der Waals surface area contributed by atoms with E-state index in [-0.39, 0.29) is 0 Å². The van der Waals surface area contributed by atoms with Gasteiger partial charge in [0, 0.05) is 23.7 Å². The van der Waals surface area contributed by atoms with Crippen molar-refractivity contribution >= 4 is 0 Å². The van der Waals surface area contributed by atoms with Crippen molar-refractivity contribution in [2.75, 3.05) is 0 Å². The fraction of sp³-hybridized carbons (Fsp3) is 0.609. The summed E-state index contributed by atoms with van der Waals surface area (Å²) in [6.07, 6.45) is 11.1. The predicted molar refractivity (Wildman–Crippen MR) is 104 cm³/mol. The molecule has 4 fully saturated rings. The first-order valence-electron chi connectivity index (χ1n) is 10.5. The third-order valence-electron chi connectivity index (χ3n) is 7.20. The molecule has 6 rings (SSSR count). The first-order chi connectivity index (χ1) is 12.7. The maximum absolute atomic E-state index is 5.63. The van der Waals surface area contributed by atoms with Crippen LogP contribution in [0.2, 0.25) is 0 Å². The van der Waals surface area contributed by atoms with Crippen molar-refractivity contribution in [3.05, 3.63) is 41.6 Å². The maximum atomic E-state index is 5.63. The van der Waals surface area contributed by atoms with Gasteiger partial charge in [0.05, 0.1) is 5.69 Å². The molecule has 2 unspecified atom stereocenters. The number of fused-ring (bicyclic) bond motifs is 1. The first-order valence-corrected chi connectivity index (χ1v) is 10.5. The van der Waals surface area contributed by atoms with Gasteiger partial charge in [0.2, 0.25) is 0 Å². The average molecular weight is 351 g/mol. The molecule has 4 aliphatic carbocycles. The normalized spacial score (nSPS) is 32.7. The number of aromatic nitrogens is 1. The molecule has 2 aromatic rings. The van der Waals surface area contributed by atoms with Crippen molar-refractivity contribution in [3.8, 4) is 11.3 Å². The zero-order valence-corrected chi connectivity index (χ0v) is 15.8. The van der Waals surface area contributed by atoms with Gasteiger partial charge in [-0.15, -0.1) is 0 Å². The predicted octanol–water partition coefficient (Wildman–Crippen LogP) is 5.35. The number of nitrogens with one attached hydrogen (secondary N) is 1. The Morgan fingerprint density at radius 3 is 2.42 bits per heavy atom. The topological polar surface area (TPSA) is 38.1 Å². The van der Waals surface area contributed by atoms with Crippen molar-refractivity contribution in [1.29, 1.82) is 0 Å². The Morgan fingerprint density at radius 2 is 1.73 bits per heavy atom. The first kappa shape index (κ1) is 16.6. The van der Waals surface area contributed by atoms with Gasteiger partial charge < -0.3 is 9.84 Å². The molecule has 1 aromatic heterocycles. The number of rotatable bonds is 5. The van der Waals surface area contributed by atoms with Crippen LogP contribution in [0.4, 0.5) is 0 Å². The summed E-state index contributed by atoms with van der Waals surface area (Å²) in [5.74, 6) is 3.76. The van der Waals surface area contributed by atoms with Crippen LogP contribution in [-0.2, 0) is 13.0 Å². The van der Waals surface area contributed by atoms with E-state index >= 15 is 0 Å². The van der Waals surface area contributed by atoms with Crippen molar-refractivity contribution in [3.63, 3.8) is 0 Å². The maximum Gasteiger partial charge on any atom is 0.167 e. The molecule has 26 heavy (non-hydrogen) atoms. The quantitative estimate of drug-likeness (QED) is 0.789. The summed E-state index contributed by atoms with van der Waals surface area (Å²) in [7, 11) is 0. The highest BCUT2D eigenvalue weighted by Crippen LogP contribution is 2.53. The molecule has 1 N–H and O–H groups in total. The molecule has 4 aliphatic rings. The van der Waals surface area contributed by atoms with Crippen LogP contribution >= 0.6 is 0 Å². The lowest BCUT2D eigenvalue weighted by molar-refractivity contribution is 0.0714. The molecule has 0 radical (unpaired) electrons. The summed E-state index contributed by atoms with van der Waals surface area (Å²) in [4.78, 5) is 0. The Hall–Kier alpha value is -1.61. The lowest BCUT2D eigenvalue weighted by Crippen LogP contribution is -2.53. The van der Waals surface area contributed by atoms with Crippen LogP contribution in [0.25, 0.3) is 11.3 Å². The summed E-state index contributed by atoms with van der Waals surface area (Å²) >= 11 is 0. The molecule has 2 atom stereocenters. The second-order valence-electron chi connectivity index (χ2n) is 9.13. The molecule has 0 aliphatic heterocycles. The van der Waals surface area contributed by atoms with Crippen LogP contribution in [0.15, 0.2) is 34.9 Å². The van der Waals surface area contributed by atoms with Gasteiger partial charge in [-0.3, -0.25) is 0 Å². The van der Waals surface area contributed by atoms with Crippen molar-refractivity contribution < 1.29 is 4.52 Å². The molecule has 4 bridgehead atoms. The average Bonchev–Trinajstić information content (AvgIpc) is 3.03. The van der Waals surface area contributed by atoms with Crippen LogP contribution in [0.1, 0.15) is 63.1 Å². The van der Waals surface area contributed by atoms with E-state index in [1.165, 1.54) is 50.5 Å². The van der Waals surface area contributed by atoms with Gasteiger partial charge in [0.15, 0.2) is 5.76 Å². The van der Waals surface area contributed by atoms with Gasteiger partial charge in [-0.1, -0.05) is 49.2 Å². The van der Waals surface area contributed by atoms with Crippen molar-refractivity contribution in [1.82, 2.24) is 10.5 Å². The Morgan fingerprint density at radius 1 is 1.04 bits per heavy atom. The minimum Gasteiger partial charge on any atom is -0.356 e. The molecular weight excluding hydrogens is 320 g/mol. The molecule has 0 saturated heterocycles. The molecule has 3 heteroatoms. The van der Waals surface area contributed by atoms with E-state index < -0.39 is 0 Å². The monoisotopic (exact) mass is 350 g/mol. The Balaban J connectivity index is 1.28. The van der Waals surface area contributed by atoms with Crippen LogP contribution in [0.3, 0.4) is 0 Å². The second-order valence-corrected chi connectivity index (χ2v) is 9.13. The summed E-state index contributed by atoms with van der Waals surface area (Å²) in [6, 6.07) is 10.7. The van der Waals surface area contributed by atoms with Gasteiger partial charge in [0.25, 0.3) is 0 Å². The number of aryl methyl sites for hydroxylation is 1. The summed E-state index contributed by atoms with van der Waals surface area (Å²) in [5, 5.41) is 8.28. The number of benzene rings is 1. The molecule has 4 saturated carbocycles. The Labute approximate surface area is 156 Å². The minimum atomic E-state index is 0.370. The molecule has 1 heterocycles. The number of hydrogen-bond acceptors (Lipinski definition) is 3. The van der Waals surface area contributed by atoms with Crippen LogP contribution in [0.5, 0.6) is 0 Å². The molecule has 0 spiro atoms.